The van der Waals surface area contributed by atoms with E-state index in [1.807, 2.05) is 56.3 Å². The Morgan fingerprint density at radius 3 is 2.63 bits per heavy atom. The number of carbonyl (C=O) groups is 2. The number of aromatic amines is 1. The van der Waals surface area contributed by atoms with Crippen LogP contribution in [-0.2, 0) is 15.1 Å². The van der Waals surface area contributed by atoms with Crippen LogP contribution < -0.4 is 0 Å². The van der Waals surface area contributed by atoms with Crippen molar-refractivity contribution in [3.05, 3.63) is 70.4 Å². The van der Waals surface area contributed by atoms with Crippen LogP contribution in [0.1, 0.15) is 43.0 Å². The molecule has 3 heterocycles. The van der Waals surface area contributed by atoms with E-state index in [-0.39, 0.29) is 24.3 Å². The maximum Gasteiger partial charge on any atom is 0.254 e. The molecular weight excluding hydrogens is 398 g/mol. The van der Waals surface area contributed by atoms with E-state index < -0.39 is 5.54 Å². The van der Waals surface area contributed by atoms with Gasteiger partial charge in [-0.15, -0.1) is 0 Å². The number of hydrogen-bond acceptors (Lipinski definition) is 2. The molecule has 0 bridgehead atoms. The number of para-hydroxylation sites is 1. The van der Waals surface area contributed by atoms with Gasteiger partial charge >= 0.3 is 0 Å². The van der Waals surface area contributed by atoms with E-state index >= 15 is 0 Å². The topological polar surface area (TPSA) is 56.4 Å². The lowest BCUT2D eigenvalue weighted by Gasteiger charge is -2.51. The zero-order valence-corrected chi connectivity index (χ0v) is 17.9. The average molecular weight is 422 g/mol. The van der Waals surface area contributed by atoms with Gasteiger partial charge in [0.25, 0.3) is 5.91 Å². The van der Waals surface area contributed by atoms with E-state index in [4.69, 9.17) is 11.6 Å². The molecule has 0 saturated carbocycles. The van der Waals surface area contributed by atoms with Crippen molar-refractivity contribution in [2.75, 3.05) is 19.6 Å². The number of benzene rings is 2. The highest BCUT2D eigenvalue weighted by Crippen LogP contribution is 2.48. The van der Waals surface area contributed by atoms with E-state index in [2.05, 4.69) is 11.1 Å². The third-order valence-electron chi connectivity index (χ3n) is 6.59. The first-order valence-electron chi connectivity index (χ1n) is 10.4. The van der Waals surface area contributed by atoms with E-state index in [1.165, 1.54) is 0 Å². The quantitative estimate of drug-likeness (QED) is 0.686. The van der Waals surface area contributed by atoms with Crippen molar-refractivity contribution in [1.82, 2.24) is 14.8 Å². The molecule has 1 N–H and O–H groups in total. The van der Waals surface area contributed by atoms with Crippen molar-refractivity contribution >= 4 is 34.3 Å². The van der Waals surface area contributed by atoms with Crippen LogP contribution in [0.15, 0.2) is 48.5 Å². The standard InChI is InChI=1S/C24H24ClN3O2/c1-3-12-27-14-20(29)28-13-17(15-8-4-6-10-18(15)25)21-16-9-5-7-11-19(16)26-22(21)24(28,2)23(27)30/h4-11,17,26H,3,12-14H2,1-2H3/t17-,24-/m1/s1. The number of aromatic nitrogens is 1. The number of halogens is 1. The lowest BCUT2D eigenvalue weighted by molar-refractivity contribution is -0.166. The van der Waals surface area contributed by atoms with Crippen LogP contribution >= 0.6 is 11.6 Å². The normalized spacial score (nSPS) is 23.6. The summed E-state index contributed by atoms with van der Waals surface area (Å²) >= 11 is 6.59. The van der Waals surface area contributed by atoms with Crippen molar-refractivity contribution in [1.29, 1.82) is 0 Å². The maximum absolute atomic E-state index is 13.7. The van der Waals surface area contributed by atoms with Gasteiger partial charge in [-0.2, -0.15) is 0 Å². The summed E-state index contributed by atoms with van der Waals surface area (Å²) in [5, 5.41) is 1.75. The number of carbonyl (C=O) groups excluding carboxylic acids is 2. The predicted molar refractivity (Wildman–Crippen MR) is 118 cm³/mol. The van der Waals surface area contributed by atoms with Crippen LogP contribution in [0.4, 0.5) is 0 Å². The average Bonchev–Trinajstić information content (AvgIpc) is 3.14. The van der Waals surface area contributed by atoms with E-state index in [0.717, 1.165) is 34.1 Å². The highest BCUT2D eigenvalue weighted by atomic mass is 35.5. The number of rotatable bonds is 3. The number of piperazine rings is 1. The Hall–Kier alpha value is -2.79. The number of nitrogens with zero attached hydrogens (tertiary/aromatic N) is 2. The zero-order valence-electron chi connectivity index (χ0n) is 17.1. The van der Waals surface area contributed by atoms with Crippen LogP contribution in [0.25, 0.3) is 10.9 Å². The fourth-order valence-electron chi connectivity index (χ4n) is 5.16. The monoisotopic (exact) mass is 421 g/mol. The Kier molecular flexibility index (Phi) is 4.40. The van der Waals surface area contributed by atoms with Crippen molar-refractivity contribution in [2.24, 2.45) is 0 Å². The highest BCUT2D eigenvalue weighted by molar-refractivity contribution is 6.31. The molecule has 5 rings (SSSR count). The van der Waals surface area contributed by atoms with Crippen LogP contribution in [0.5, 0.6) is 0 Å². The van der Waals surface area contributed by atoms with Gasteiger partial charge in [-0.05, 0) is 36.6 Å². The van der Waals surface area contributed by atoms with Gasteiger partial charge in [0.1, 0.15) is 0 Å². The van der Waals surface area contributed by atoms with Gasteiger partial charge in [-0.3, -0.25) is 9.59 Å². The fraction of sp³-hybridized carbons (Fsp3) is 0.333. The van der Waals surface area contributed by atoms with E-state index in [1.54, 1.807) is 9.80 Å². The minimum absolute atomic E-state index is 0.0191. The maximum atomic E-state index is 13.7. The molecule has 0 unspecified atom stereocenters. The van der Waals surface area contributed by atoms with Gasteiger partial charge in [-0.25, -0.2) is 0 Å². The van der Waals surface area contributed by atoms with Crippen molar-refractivity contribution in [2.45, 2.75) is 31.7 Å². The number of fused-ring (bicyclic) bond motifs is 5. The summed E-state index contributed by atoms with van der Waals surface area (Å²) < 4.78 is 0. The molecule has 2 amide bonds. The summed E-state index contributed by atoms with van der Waals surface area (Å²) in [5.41, 5.74) is 2.77. The largest absolute Gasteiger partial charge is 0.356 e. The second-order valence-corrected chi connectivity index (χ2v) is 8.74. The SMILES string of the molecule is CCCN1CC(=O)N2C[C@H](c3ccccc3Cl)c3c([nH]c4ccccc34)[C@]2(C)C1=O. The molecule has 154 valence electrons. The molecule has 2 atom stereocenters. The van der Waals surface area contributed by atoms with Crippen LogP contribution in [0.3, 0.4) is 0 Å². The van der Waals surface area contributed by atoms with Crippen LogP contribution in [-0.4, -0.2) is 46.2 Å². The molecule has 1 saturated heterocycles. The first-order chi connectivity index (χ1) is 14.5. The number of nitrogens with one attached hydrogen (secondary N) is 1. The zero-order chi connectivity index (χ0) is 21.0. The highest BCUT2D eigenvalue weighted by Gasteiger charge is 2.56. The molecule has 1 aromatic heterocycles. The number of hydrogen-bond donors (Lipinski definition) is 1. The molecule has 0 radical (unpaired) electrons. The van der Waals surface area contributed by atoms with Crippen molar-refractivity contribution < 1.29 is 9.59 Å². The third-order valence-corrected chi connectivity index (χ3v) is 6.94. The molecule has 3 aromatic rings. The molecular formula is C24H24ClN3O2. The molecule has 0 aliphatic carbocycles. The van der Waals surface area contributed by atoms with Gasteiger partial charge < -0.3 is 14.8 Å². The molecule has 2 aliphatic rings. The summed E-state index contributed by atoms with van der Waals surface area (Å²) in [4.78, 5) is 33.8. The van der Waals surface area contributed by atoms with Gasteiger partial charge in [0.2, 0.25) is 5.91 Å². The molecule has 2 aliphatic heterocycles. The summed E-state index contributed by atoms with van der Waals surface area (Å²) in [5.74, 6) is -0.145. The van der Waals surface area contributed by atoms with Gasteiger partial charge in [0.15, 0.2) is 5.54 Å². The molecule has 1 fully saturated rings. The minimum atomic E-state index is -1.05. The summed E-state index contributed by atoms with van der Waals surface area (Å²) in [6, 6.07) is 15.9. The summed E-state index contributed by atoms with van der Waals surface area (Å²) in [6.07, 6.45) is 0.816. The first-order valence-corrected chi connectivity index (χ1v) is 10.8. The van der Waals surface area contributed by atoms with E-state index in [0.29, 0.717) is 18.1 Å². The number of H-pyrrole nitrogens is 1. The lowest BCUT2D eigenvalue weighted by Crippen LogP contribution is -2.67. The molecule has 30 heavy (non-hydrogen) atoms. The van der Waals surface area contributed by atoms with Gasteiger partial charge in [0, 0.05) is 34.9 Å². The molecule has 0 spiro atoms. The Morgan fingerprint density at radius 1 is 1.13 bits per heavy atom. The van der Waals surface area contributed by atoms with E-state index in [9.17, 15) is 9.59 Å². The Bertz CT molecular complexity index is 1170. The van der Waals surface area contributed by atoms with Gasteiger partial charge in [-0.1, -0.05) is 54.9 Å². The molecule has 2 aromatic carbocycles. The Balaban J connectivity index is 1.78. The van der Waals surface area contributed by atoms with Crippen molar-refractivity contribution in [3.8, 4) is 0 Å². The fourth-order valence-corrected chi connectivity index (χ4v) is 5.43. The van der Waals surface area contributed by atoms with Crippen LogP contribution in [0.2, 0.25) is 5.02 Å². The minimum Gasteiger partial charge on any atom is -0.356 e. The molecule has 6 heteroatoms. The smallest absolute Gasteiger partial charge is 0.254 e. The molecule has 5 nitrogen and oxygen atoms in total. The lowest BCUT2D eigenvalue weighted by atomic mass is 9.76. The second-order valence-electron chi connectivity index (χ2n) is 8.34. The number of amides is 2. The first kappa shape index (κ1) is 19.2. The second kappa shape index (κ2) is 6.88. The van der Waals surface area contributed by atoms with Crippen LogP contribution in [0, 0.1) is 0 Å². The predicted octanol–water partition coefficient (Wildman–Crippen LogP) is 4.26. The Labute approximate surface area is 180 Å². The van der Waals surface area contributed by atoms with Gasteiger partial charge in [0.05, 0.1) is 12.2 Å². The summed E-state index contributed by atoms with van der Waals surface area (Å²) in [7, 11) is 0. The summed E-state index contributed by atoms with van der Waals surface area (Å²) in [6.45, 7) is 5.05. The third kappa shape index (κ3) is 2.54. The van der Waals surface area contributed by atoms with Crippen molar-refractivity contribution in [3.63, 3.8) is 0 Å². The Morgan fingerprint density at radius 2 is 1.87 bits per heavy atom.